The third kappa shape index (κ3) is 1.90. The van der Waals surface area contributed by atoms with E-state index in [0.717, 1.165) is 0 Å². The number of nitrogens with one attached hydrogen (secondary N) is 1. The van der Waals surface area contributed by atoms with Crippen molar-refractivity contribution in [3.05, 3.63) is 23.4 Å². The second-order valence-corrected chi connectivity index (χ2v) is 4.69. The molecular formula is C12H14N2O4. The van der Waals surface area contributed by atoms with Crippen LogP contribution in [0, 0.1) is 0 Å². The van der Waals surface area contributed by atoms with E-state index in [4.69, 9.17) is 9.84 Å². The average molecular weight is 250 g/mol. The maximum atomic E-state index is 11.8. The molecule has 6 nitrogen and oxygen atoms in total. The van der Waals surface area contributed by atoms with Gasteiger partial charge in [0.15, 0.2) is 0 Å². The zero-order valence-corrected chi connectivity index (χ0v) is 10.4. The van der Waals surface area contributed by atoms with Crippen LogP contribution in [0.3, 0.4) is 0 Å². The topological polar surface area (TPSA) is 88.5 Å². The van der Waals surface area contributed by atoms with Crippen LogP contribution in [-0.2, 0) is 15.1 Å². The second kappa shape index (κ2) is 3.97. The Labute approximate surface area is 104 Å². The zero-order chi connectivity index (χ0) is 13.5. The first-order valence-corrected chi connectivity index (χ1v) is 5.55. The molecule has 0 bridgehead atoms. The van der Waals surface area contributed by atoms with Gasteiger partial charge >= 0.3 is 11.9 Å². The number of anilines is 1. The number of aromatic nitrogens is 1. The van der Waals surface area contributed by atoms with Gasteiger partial charge in [-0.05, 0) is 26.8 Å². The number of hydrogen-bond donors (Lipinski definition) is 2. The molecule has 0 saturated heterocycles. The van der Waals surface area contributed by atoms with Crippen molar-refractivity contribution in [2.75, 3.05) is 5.32 Å². The highest BCUT2D eigenvalue weighted by Crippen LogP contribution is 2.38. The predicted molar refractivity (Wildman–Crippen MR) is 63.4 cm³/mol. The van der Waals surface area contributed by atoms with Gasteiger partial charge in [-0.1, -0.05) is 0 Å². The first-order chi connectivity index (χ1) is 8.33. The smallest absolute Gasteiger partial charge is 0.343 e. The first kappa shape index (κ1) is 12.3. The maximum absolute atomic E-state index is 11.8. The minimum atomic E-state index is -1.01. The quantitative estimate of drug-likeness (QED) is 0.788. The SMILES string of the molecule is CC(Nc1nccc2c1C(=O)OC2(C)C)C(=O)O. The van der Waals surface area contributed by atoms with Gasteiger partial charge in [-0.25, -0.2) is 9.78 Å². The first-order valence-electron chi connectivity index (χ1n) is 5.55. The molecule has 1 aromatic heterocycles. The van der Waals surface area contributed by atoms with E-state index < -0.39 is 23.6 Å². The summed E-state index contributed by atoms with van der Waals surface area (Å²) in [6.07, 6.45) is 1.53. The van der Waals surface area contributed by atoms with E-state index in [2.05, 4.69) is 10.3 Å². The van der Waals surface area contributed by atoms with Crippen LogP contribution < -0.4 is 5.32 Å². The number of rotatable bonds is 3. The van der Waals surface area contributed by atoms with Gasteiger partial charge in [0.25, 0.3) is 0 Å². The molecule has 2 N–H and O–H groups in total. The molecule has 1 aliphatic rings. The van der Waals surface area contributed by atoms with E-state index in [1.165, 1.54) is 13.1 Å². The lowest BCUT2D eigenvalue weighted by atomic mass is 9.97. The van der Waals surface area contributed by atoms with Gasteiger partial charge in [-0.3, -0.25) is 4.79 Å². The summed E-state index contributed by atoms with van der Waals surface area (Å²) in [5.41, 5.74) is 0.316. The number of nitrogens with zero attached hydrogens (tertiary/aromatic N) is 1. The maximum Gasteiger partial charge on any atom is 0.343 e. The Morgan fingerprint density at radius 1 is 1.56 bits per heavy atom. The Morgan fingerprint density at radius 2 is 2.22 bits per heavy atom. The van der Waals surface area contributed by atoms with Crippen LogP contribution in [0.15, 0.2) is 12.3 Å². The number of aliphatic carboxylic acids is 1. The molecule has 2 rings (SSSR count). The fourth-order valence-corrected chi connectivity index (χ4v) is 1.88. The molecule has 6 heteroatoms. The summed E-state index contributed by atoms with van der Waals surface area (Å²) in [5, 5.41) is 11.6. The summed E-state index contributed by atoms with van der Waals surface area (Å²) in [5.74, 6) is -1.25. The Balaban J connectivity index is 2.44. The summed E-state index contributed by atoms with van der Waals surface area (Å²) in [4.78, 5) is 26.6. The molecule has 0 spiro atoms. The van der Waals surface area contributed by atoms with E-state index in [9.17, 15) is 9.59 Å². The van der Waals surface area contributed by atoms with Crippen molar-refractivity contribution in [1.82, 2.24) is 4.98 Å². The van der Waals surface area contributed by atoms with Crippen molar-refractivity contribution in [2.45, 2.75) is 32.4 Å². The van der Waals surface area contributed by atoms with Crippen LogP contribution in [0.5, 0.6) is 0 Å². The predicted octanol–water partition coefficient (Wildman–Crippen LogP) is 1.37. The largest absolute Gasteiger partial charge is 0.480 e. The number of hydrogen-bond acceptors (Lipinski definition) is 5. The number of carbonyl (C=O) groups is 2. The van der Waals surface area contributed by atoms with Gasteiger partial charge < -0.3 is 15.2 Å². The van der Waals surface area contributed by atoms with Gasteiger partial charge in [-0.15, -0.1) is 0 Å². The number of pyridine rings is 1. The molecule has 1 aliphatic heterocycles. The molecule has 0 aromatic carbocycles. The molecule has 0 amide bonds. The summed E-state index contributed by atoms with van der Waals surface area (Å²) >= 11 is 0. The standard InChI is InChI=1S/C12H14N2O4/c1-6(10(15)16)14-9-8-7(4-5-13-9)12(2,3)18-11(8)17/h4-6H,1-3H3,(H,13,14)(H,15,16). The number of cyclic esters (lactones) is 1. The fraction of sp³-hybridized carbons (Fsp3) is 0.417. The van der Waals surface area contributed by atoms with E-state index in [1.54, 1.807) is 19.9 Å². The van der Waals surface area contributed by atoms with Crippen LogP contribution in [0.4, 0.5) is 5.82 Å². The highest BCUT2D eigenvalue weighted by atomic mass is 16.6. The van der Waals surface area contributed by atoms with Crippen molar-refractivity contribution < 1.29 is 19.4 Å². The van der Waals surface area contributed by atoms with E-state index in [0.29, 0.717) is 11.1 Å². The Kier molecular flexibility index (Phi) is 2.73. The number of esters is 1. The molecule has 0 saturated carbocycles. The third-order valence-corrected chi connectivity index (χ3v) is 2.88. The van der Waals surface area contributed by atoms with Crippen LogP contribution in [-0.4, -0.2) is 28.1 Å². The van der Waals surface area contributed by atoms with E-state index in [1.807, 2.05) is 0 Å². The minimum Gasteiger partial charge on any atom is -0.480 e. The Hall–Kier alpha value is -2.11. The van der Waals surface area contributed by atoms with E-state index >= 15 is 0 Å². The summed E-state index contributed by atoms with van der Waals surface area (Å²) in [7, 11) is 0. The lowest BCUT2D eigenvalue weighted by Gasteiger charge is -2.17. The molecule has 1 unspecified atom stereocenters. The van der Waals surface area contributed by atoms with Crippen molar-refractivity contribution in [3.63, 3.8) is 0 Å². The van der Waals surface area contributed by atoms with Crippen molar-refractivity contribution in [2.24, 2.45) is 0 Å². The summed E-state index contributed by atoms with van der Waals surface area (Å²) in [6.45, 7) is 5.04. The molecule has 0 aliphatic carbocycles. The summed E-state index contributed by atoms with van der Waals surface area (Å²) in [6, 6.07) is 0.872. The molecule has 1 atom stereocenters. The number of carboxylic acids is 1. The molecule has 0 fully saturated rings. The molecule has 18 heavy (non-hydrogen) atoms. The van der Waals surface area contributed by atoms with Gasteiger partial charge in [0.05, 0.1) is 0 Å². The van der Waals surface area contributed by atoms with Gasteiger partial charge in [0.1, 0.15) is 23.0 Å². The lowest BCUT2D eigenvalue weighted by Crippen LogP contribution is -2.27. The Morgan fingerprint density at radius 3 is 2.83 bits per heavy atom. The highest BCUT2D eigenvalue weighted by molar-refractivity contribution is 5.99. The lowest BCUT2D eigenvalue weighted by molar-refractivity contribution is -0.137. The van der Waals surface area contributed by atoms with Crippen LogP contribution in [0.1, 0.15) is 36.7 Å². The van der Waals surface area contributed by atoms with Gasteiger partial charge in [0.2, 0.25) is 0 Å². The van der Waals surface area contributed by atoms with E-state index in [-0.39, 0.29) is 5.82 Å². The number of carboxylic acid groups (broad SMARTS) is 1. The number of carbonyl (C=O) groups excluding carboxylic acids is 1. The summed E-state index contributed by atoms with van der Waals surface area (Å²) < 4.78 is 5.24. The fourth-order valence-electron chi connectivity index (χ4n) is 1.88. The molecule has 1 aromatic rings. The zero-order valence-electron chi connectivity index (χ0n) is 10.4. The van der Waals surface area contributed by atoms with Crippen LogP contribution in [0.2, 0.25) is 0 Å². The number of ether oxygens (including phenoxy) is 1. The van der Waals surface area contributed by atoms with Crippen molar-refractivity contribution >= 4 is 17.8 Å². The number of fused-ring (bicyclic) bond motifs is 1. The highest BCUT2D eigenvalue weighted by Gasteiger charge is 2.40. The molecule has 2 heterocycles. The van der Waals surface area contributed by atoms with Gasteiger partial charge in [0, 0.05) is 11.8 Å². The molecular weight excluding hydrogens is 236 g/mol. The van der Waals surface area contributed by atoms with Crippen molar-refractivity contribution in [1.29, 1.82) is 0 Å². The van der Waals surface area contributed by atoms with Crippen molar-refractivity contribution in [3.8, 4) is 0 Å². The molecule has 96 valence electrons. The Bertz CT molecular complexity index is 525. The average Bonchev–Trinajstić information content (AvgIpc) is 2.50. The van der Waals surface area contributed by atoms with Crippen LogP contribution in [0.25, 0.3) is 0 Å². The monoisotopic (exact) mass is 250 g/mol. The molecule has 0 radical (unpaired) electrons. The van der Waals surface area contributed by atoms with Crippen LogP contribution >= 0.6 is 0 Å². The second-order valence-electron chi connectivity index (χ2n) is 4.69. The normalized spacial score (nSPS) is 17.8. The minimum absolute atomic E-state index is 0.248. The third-order valence-electron chi connectivity index (χ3n) is 2.88. The van der Waals surface area contributed by atoms with Gasteiger partial charge in [-0.2, -0.15) is 0 Å².